The molecule has 1 atom stereocenters. The Kier molecular flexibility index (Phi) is 5.28. The number of likely N-dealkylation sites (tertiary alicyclic amines) is 1. The van der Waals surface area contributed by atoms with Crippen LogP contribution >= 0.6 is 12.4 Å². The minimum atomic E-state index is -0.331. The fourth-order valence-electron chi connectivity index (χ4n) is 2.64. The van der Waals surface area contributed by atoms with Crippen LogP contribution in [0.4, 0.5) is 0 Å². The van der Waals surface area contributed by atoms with Crippen LogP contribution in [-0.4, -0.2) is 28.2 Å². The smallest absolute Gasteiger partial charge is 0.237 e. The maximum absolute atomic E-state index is 12.4. The van der Waals surface area contributed by atoms with Gasteiger partial charge in [0.1, 0.15) is 0 Å². The van der Waals surface area contributed by atoms with E-state index in [0.717, 1.165) is 11.3 Å². The number of halogens is 1. The molecule has 0 aliphatic carbocycles. The van der Waals surface area contributed by atoms with Crippen LogP contribution in [0.15, 0.2) is 54.7 Å². The highest BCUT2D eigenvalue weighted by molar-refractivity contribution is 6.06. The minimum absolute atomic E-state index is 0. The summed E-state index contributed by atoms with van der Waals surface area (Å²) in [5, 5.41) is 0. The third-order valence-corrected chi connectivity index (χ3v) is 3.76. The van der Waals surface area contributed by atoms with E-state index in [1.807, 2.05) is 48.5 Å². The van der Waals surface area contributed by atoms with Gasteiger partial charge in [0.2, 0.25) is 11.8 Å². The normalized spacial score (nSPS) is 17.5. The van der Waals surface area contributed by atoms with E-state index in [1.165, 1.54) is 4.90 Å². The van der Waals surface area contributed by atoms with Crippen LogP contribution in [0.3, 0.4) is 0 Å². The van der Waals surface area contributed by atoms with Gasteiger partial charge in [-0.25, -0.2) is 0 Å². The number of hydrogen-bond acceptors (Lipinski definition) is 3. The van der Waals surface area contributed by atoms with Crippen molar-refractivity contribution in [3.63, 3.8) is 0 Å². The van der Waals surface area contributed by atoms with Crippen LogP contribution in [0.25, 0.3) is 0 Å². The lowest BCUT2D eigenvalue weighted by atomic mass is 9.98. The molecule has 4 nitrogen and oxygen atoms in total. The Morgan fingerprint density at radius 1 is 1.05 bits per heavy atom. The summed E-state index contributed by atoms with van der Waals surface area (Å²) >= 11 is 0. The lowest BCUT2D eigenvalue weighted by Gasteiger charge is -2.14. The number of carbonyl (C=O) groups excluding carboxylic acids is 2. The summed E-state index contributed by atoms with van der Waals surface area (Å²) in [4.78, 5) is 30.1. The molecule has 22 heavy (non-hydrogen) atoms. The van der Waals surface area contributed by atoms with E-state index in [4.69, 9.17) is 0 Å². The molecule has 1 aromatic carbocycles. The average Bonchev–Trinajstić information content (AvgIpc) is 2.82. The van der Waals surface area contributed by atoms with E-state index >= 15 is 0 Å². The fraction of sp³-hybridized carbons (Fsp3) is 0.235. The van der Waals surface area contributed by atoms with Gasteiger partial charge in [-0.3, -0.25) is 19.5 Å². The summed E-state index contributed by atoms with van der Waals surface area (Å²) in [6.07, 6.45) is 2.58. The molecule has 0 spiro atoms. The molecule has 2 heterocycles. The lowest BCUT2D eigenvalue weighted by molar-refractivity contribution is -0.138. The molecule has 114 valence electrons. The third-order valence-electron chi connectivity index (χ3n) is 3.76. The standard InChI is InChI=1S/C17H16N2O2.ClH/c20-16-12-15(13-6-2-1-3-7-13)17(21)19(16)11-9-14-8-4-5-10-18-14;/h1-8,10,15H,9,11-12H2;1H. The number of imide groups is 1. The van der Waals surface area contributed by atoms with E-state index in [2.05, 4.69) is 4.98 Å². The molecule has 3 rings (SSSR count). The second-order valence-electron chi connectivity index (χ2n) is 5.12. The number of rotatable bonds is 4. The maximum atomic E-state index is 12.4. The van der Waals surface area contributed by atoms with Crippen molar-refractivity contribution in [2.24, 2.45) is 0 Å². The molecule has 0 radical (unpaired) electrons. The summed E-state index contributed by atoms with van der Waals surface area (Å²) in [6, 6.07) is 15.1. The van der Waals surface area contributed by atoms with Crippen molar-refractivity contribution in [2.75, 3.05) is 6.54 Å². The molecule has 0 N–H and O–H groups in total. The van der Waals surface area contributed by atoms with Gasteiger partial charge >= 0.3 is 0 Å². The molecule has 1 aliphatic rings. The van der Waals surface area contributed by atoms with Gasteiger partial charge in [-0.05, 0) is 17.7 Å². The van der Waals surface area contributed by atoms with E-state index in [1.54, 1.807) is 6.20 Å². The number of hydrogen-bond donors (Lipinski definition) is 0. The zero-order valence-electron chi connectivity index (χ0n) is 12.0. The quantitative estimate of drug-likeness (QED) is 0.815. The van der Waals surface area contributed by atoms with Crippen LogP contribution in [-0.2, 0) is 16.0 Å². The zero-order chi connectivity index (χ0) is 14.7. The second kappa shape index (κ2) is 7.18. The summed E-state index contributed by atoms with van der Waals surface area (Å²) in [5.41, 5.74) is 1.80. The number of amides is 2. The van der Waals surface area contributed by atoms with Gasteiger partial charge in [-0.15, -0.1) is 12.4 Å². The Morgan fingerprint density at radius 2 is 1.77 bits per heavy atom. The van der Waals surface area contributed by atoms with Crippen molar-refractivity contribution in [3.05, 3.63) is 66.0 Å². The fourth-order valence-corrected chi connectivity index (χ4v) is 2.64. The Labute approximate surface area is 135 Å². The highest BCUT2D eigenvalue weighted by Crippen LogP contribution is 2.29. The largest absolute Gasteiger partial charge is 0.282 e. The van der Waals surface area contributed by atoms with Gasteiger partial charge < -0.3 is 0 Å². The van der Waals surface area contributed by atoms with Crippen molar-refractivity contribution in [1.29, 1.82) is 0 Å². The van der Waals surface area contributed by atoms with Crippen LogP contribution in [0, 0.1) is 0 Å². The zero-order valence-corrected chi connectivity index (χ0v) is 12.8. The van der Waals surface area contributed by atoms with Crippen molar-refractivity contribution in [1.82, 2.24) is 9.88 Å². The Bertz CT molecular complexity index is 646. The molecule has 1 unspecified atom stereocenters. The highest BCUT2D eigenvalue weighted by atomic mass is 35.5. The van der Waals surface area contributed by atoms with Crippen molar-refractivity contribution in [3.8, 4) is 0 Å². The predicted molar refractivity (Wildman–Crippen MR) is 85.7 cm³/mol. The molecule has 1 fully saturated rings. The summed E-state index contributed by atoms with van der Waals surface area (Å²) < 4.78 is 0. The topological polar surface area (TPSA) is 50.3 Å². The Balaban J connectivity index is 0.00000176. The first-order valence-electron chi connectivity index (χ1n) is 7.05. The molecule has 5 heteroatoms. The van der Waals surface area contributed by atoms with Crippen molar-refractivity contribution >= 4 is 24.2 Å². The van der Waals surface area contributed by atoms with E-state index < -0.39 is 0 Å². The second-order valence-corrected chi connectivity index (χ2v) is 5.12. The number of benzene rings is 1. The van der Waals surface area contributed by atoms with Gasteiger partial charge in [0, 0.05) is 31.3 Å². The molecule has 1 aliphatic heterocycles. The van der Waals surface area contributed by atoms with Crippen molar-refractivity contribution < 1.29 is 9.59 Å². The molecule has 2 amide bonds. The first kappa shape index (κ1) is 16.2. The molecular weight excluding hydrogens is 300 g/mol. The highest BCUT2D eigenvalue weighted by Gasteiger charge is 2.38. The molecular formula is C17H17ClN2O2. The van der Waals surface area contributed by atoms with Crippen molar-refractivity contribution in [2.45, 2.75) is 18.8 Å². The molecule has 1 aromatic heterocycles. The van der Waals surface area contributed by atoms with Gasteiger partial charge in [-0.1, -0.05) is 36.4 Å². The van der Waals surface area contributed by atoms with Gasteiger partial charge in [0.05, 0.1) is 5.92 Å². The van der Waals surface area contributed by atoms with Crippen LogP contribution in [0.1, 0.15) is 23.6 Å². The number of pyridine rings is 1. The summed E-state index contributed by atoms with van der Waals surface area (Å²) in [5.74, 6) is -0.519. The summed E-state index contributed by atoms with van der Waals surface area (Å²) in [6.45, 7) is 0.401. The SMILES string of the molecule is Cl.O=C1CC(c2ccccc2)C(=O)N1CCc1ccccn1. The summed E-state index contributed by atoms with van der Waals surface area (Å²) in [7, 11) is 0. The van der Waals surface area contributed by atoms with E-state index in [9.17, 15) is 9.59 Å². The number of aromatic nitrogens is 1. The first-order valence-corrected chi connectivity index (χ1v) is 7.05. The van der Waals surface area contributed by atoms with Crippen LogP contribution in [0.2, 0.25) is 0 Å². The van der Waals surface area contributed by atoms with Crippen LogP contribution in [0.5, 0.6) is 0 Å². The number of nitrogens with zero attached hydrogens (tertiary/aromatic N) is 2. The van der Waals surface area contributed by atoms with Gasteiger partial charge in [-0.2, -0.15) is 0 Å². The third kappa shape index (κ3) is 3.34. The maximum Gasteiger partial charge on any atom is 0.237 e. The van der Waals surface area contributed by atoms with E-state index in [0.29, 0.717) is 13.0 Å². The molecule has 1 saturated heterocycles. The molecule has 2 aromatic rings. The monoisotopic (exact) mass is 316 g/mol. The average molecular weight is 317 g/mol. The van der Waals surface area contributed by atoms with E-state index in [-0.39, 0.29) is 36.6 Å². The predicted octanol–water partition coefficient (Wildman–Crippen LogP) is 2.59. The van der Waals surface area contributed by atoms with Gasteiger partial charge in [0.25, 0.3) is 0 Å². The Morgan fingerprint density at radius 3 is 2.45 bits per heavy atom. The molecule has 0 bridgehead atoms. The minimum Gasteiger partial charge on any atom is -0.282 e. The lowest BCUT2D eigenvalue weighted by Crippen LogP contribution is -2.32. The number of carbonyl (C=O) groups is 2. The van der Waals surface area contributed by atoms with Crippen LogP contribution < -0.4 is 0 Å². The first-order chi connectivity index (χ1) is 10.3. The molecule has 0 saturated carbocycles. The van der Waals surface area contributed by atoms with Gasteiger partial charge in [0.15, 0.2) is 0 Å². The Hall–Kier alpha value is -2.20.